The fourth-order valence-corrected chi connectivity index (χ4v) is 4.20. The van der Waals surface area contributed by atoms with Gasteiger partial charge in [-0.15, -0.1) is 0 Å². The highest BCUT2D eigenvalue weighted by molar-refractivity contribution is 5.93. The first kappa shape index (κ1) is 28.3. The van der Waals surface area contributed by atoms with E-state index in [1.165, 1.54) is 18.3 Å². The predicted octanol–water partition coefficient (Wildman–Crippen LogP) is 4.30. The Morgan fingerprint density at radius 3 is 2.45 bits per heavy atom. The smallest absolute Gasteiger partial charge is 0.457 e. The Morgan fingerprint density at radius 1 is 1.00 bits per heavy atom. The second-order valence-corrected chi connectivity index (χ2v) is 9.14. The number of likely N-dealkylation sites (tertiary alicyclic amines) is 1. The number of anilines is 3. The molecular weight excluding hydrogens is 557 g/mol. The van der Waals surface area contributed by atoms with Crippen LogP contribution in [0.25, 0.3) is 11.3 Å². The van der Waals surface area contributed by atoms with Gasteiger partial charge in [0.25, 0.3) is 5.91 Å². The van der Waals surface area contributed by atoms with Gasteiger partial charge in [0.15, 0.2) is 0 Å². The number of hydrogen-bond donors (Lipinski definition) is 3. The number of halogens is 3. The van der Waals surface area contributed by atoms with Crippen LogP contribution < -0.4 is 15.8 Å². The Labute approximate surface area is 236 Å². The first-order chi connectivity index (χ1) is 20.1. The number of ether oxygens (including phenoxy) is 2. The van der Waals surface area contributed by atoms with Crippen LogP contribution in [0.5, 0.6) is 11.5 Å². The number of aliphatic hydroxyl groups excluding tert-OH is 1. The lowest BCUT2D eigenvalue weighted by Gasteiger charge is -2.26. The summed E-state index contributed by atoms with van der Waals surface area (Å²) < 4.78 is 48.2. The summed E-state index contributed by atoms with van der Waals surface area (Å²) in [6, 6.07) is 20.8. The molecule has 0 bridgehead atoms. The fraction of sp³-hybridized carbons (Fsp3) is 0.179. The van der Waals surface area contributed by atoms with Crippen LogP contribution in [0.4, 0.5) is 30.6 Å². The number of benzene rings is 2. The fourth-order valence-electron chi connectivity index (χ4n) is 4.20. The Kier molecular flexibility index (Phi) is 7.88. The van der Waals surface area contributed by atoms with Crippen LogP contribution in [-0.2, 0) is 9.53 Å². The third kappa shape index (κ3) is 6.55. The van der Waals surface area contributed by atoms with Gasteiger partial charge in [0.2, 0.25) is 12.2 Å². The molecule has 11 nitrogen and oxygen atoms in total. The van der Waals surface area contributed by atoms with Crippen LogP contribution in [0.2, 0.25) is 0 Å². The lowest BCUT2D eigenvalue weighted by Crippen LogP contribution is -2.45. The van der Waals surface area contributed by atoms with Crippen molar-refractivity contribution in [3.05, 3.63) is 84.7 Å². The first-order valence-corrected chi connectivity index (χ1v) is 12.5. The molecular formula is C28H23F3N6O5. The lowest BCUT2D eigenvalue weighted by molar-refractivity contribution is -0.213. The van der Waals surface area contributed by atoms with E-state index < -0.39 is 30.4 Å². The number of nitrogens with zero attached hydrogens (tertiary/aromatic N) is 4. The van der Waals surface area contributed by atoms with Crippen LogP contribution >= 0.6 is 0 Å². The van der Waals surface area contributed by atoms with Crippen LogP contribution in [0, 0.1) is 0 Å². The maximum atomic E-state index is 13.0. The molecule has 1 unspecified atom stereocenters. The Hall–Kier alpha value is -5.24. The molecule has 1 aliphatic heterocycles. The molecule has 4 N–H and O–H groups in total. The molecule has 2 aromatic heterocycles. The maximum Gasteiger partial charge on any atom is 0.491 e. The third-order valence-electron chi connectivity index (χ3n) is 6.15. The number of carbonyl (C=O) groups is 2. The van der Waals surface area contributed by atoms with Crippen molar-refractivity contribution in [1.29, 1.82) is 0 Å². The minimum absolute atomic E-state index is 0.0761. The van der Waals surface area contributed by atoms with Gasteiger partial charge in [-0.25, -0.2) is 9.78 Å². The molecule has 0 aliphatic carbocycles. The molecule has 1 fully saturated rings. The molecule has 2 aromatic carbocycles. The number of aromatic nitrogens is 3. The number of pyridine rings is 1. The average Bonchev–Trinajstić information content (AvgIpc) is 3.33. The number of alkyl halides is 3. The van der Waals surface area contributed by atoms with Crippen LogP contribution in [0.15, 0.2) is 79.0 Å². The second kappa shape index (κ2) is 11.7. The molecule has 4 aromatic rings. The normalized spacial score (nSPS) is 16.6. The van der Waals surface area contributed by atoms with Crippen molar-refractivity contribution in [2.75, 3.05) is 17.6 Å². The average molecular weight is 581 g/mol. The number of rotatable bonds is 7. The monoisotopic (exact) mass is 580 g/mol. The van der Waals surface area contributed by atoms with E-state index in [0.29, 0.717) is 22.9 Å². The summed E-state index contributed by atoms with van der Waals surface area (Å²) in [5.74, 6) is -2.13. The van der Waals surface area contributed by atoms with Crippen molar-refractivity contribution in [3.63, 3.8) is 0 Å². The molecule has 0 saturated carbocycles. The van der Waals surface area contributed by atoms with Gasteiger partial charge in [-0.1, -0.05) is 30.3 Å². The number of hydrogen-bond acceptors (Lipinski definition) is 10. The van der Waals surface area contributed by atoms with Gasteiger partial charge in [-0.05, 0) is 36.8 Å². The van der Waals surface area contributed by atoms with Crippen LogP contribution in [0.1, 0.15) is 16.9 Å². The molecule has 5 rings (SSSR count). The largest absolute Gasteiger partial charge is 0.491 e. The number of nitrogens with one attached hydrogen (secondary N) is 1. The van der Waals surface area contributed by atoms with Gasteiger partial charge in [-0.3, -0.25) is 14.7 Å². The zero-order valence-corrected chi connectivity index (χ0v) is 21.7. The van der Waals surface area contributed by atoms with Crippen LogP contribution in [-0.4, -0.2) is 61.9 Å². The molecule has 0 radical (unpaired) electrons. The molecule has 2 atom stereocenters. The highest BCUT2D eigenvalue weighted by Crippen LogP contribution is 2.29. The van der Waals surface area contributed by atoms with Gasteiger partial charge in [0, 0.05) is 36.1 Å². The highest BCUT2D eigenvalue weighted by atomic mass is 19.4. The predicted molar refractivity (Wildman–Crippen MR) is 144 cm³/mol. The summed E-state index contributed by atoms with van der Waals surface area (Å²) in [7, 11) is 0. The molecule has 1 aliphatic rings. The quantitative estimate of drug-likeness (QED) is 0.270. The Balaban J connectivity index is 1.25. The summed E-state index contributed by atoms with van der Waals surface area (Å²) in [6.07, 6.45) is -7.34. The number of carbonyl (C=O) groups excluding carboxylic acids is 2. The Bertz CT molecular complexity index is 1590. The molecule has 1 amide bonds. The summed E-state index contributed by atoms with van der Waals surface area (Å²) in [6.45, 7) is -0.137. The van der Waals surface area contributed by atoms with E-state index in [-0.39, 0.29) is 30.4 Å². The summed E-state index contributed by atoms with van der Waals surface area (Å²) in [5, 5.41) is 13.2. The number of esters is 1. The van der Waals surface area contributed by atoms with E-state index in [1.807, 2.05) is 30.3 Å². The standard InChI is InChI=1S/C28H23F3N6O5/c29-28(30,31)26(40)42-25-22(38)11-13-37(25)24(39)21-14-19(10-12-33-21)41-18-8-6-17(7-9-18)34-23-15-20(35-27(32)36-23)16-4-2-1-3-5-16/h1-10,12,14-15,22,25,38H,11,13H2,(H3,32,34,35,36)/t22-,25?/m1/s1. The van der Waals surface area contributed by atoms with E-state index >= 15 is 0 Å². The lowest BCUT2D eigenvalue weighted by atomic mass is 10.1. The first-order valence-electron chi connectivity index (χ1n) is 12.5. The number of aliphatic hydroxyl groups is 1. The molecule has 1 saturated heterocycles. The SMILES string of the molecule is Nc1nc(Nc2ccc(Oc3ccnc(C(=O)N4CC[C@@H](O)C4OC(=O)C(F)(F)F)c3)cc2)cc(-c2ccccc2)n1. The van der Waals surface area contributed by atoms with E-state index in [9.17, 15) is 27.9 Å². The molecule has 42 heavy (non-hydrogen) atoms. The molecule has 0 spiro atoms. The van der Waals surface area contributed by atoms with Gasteiger partial charge in [0.1, 0.15) is 29.1 Å². The number of nitrogens with two attached hydrogens (primary N) is 1. The van der Waals surface area contributed by atoms with Gasteiger partial charge in [0.05, 0.1) is 5.69 Å². The number of amides is 1. The maximum absolute atomic E-state index is 13.0. The zero-order chi connectivity index (χ0) is 29.9. The topological polar surface area (TPSA) is 153 Å². The van der Waals surface area contributed by atoms with E-state index in [4.69, 9.17) is 10.5 Å². The summed E-state index contributed by atoms with van der Waals surface area (Å²) >= 11 is 0. The van der Waals surface area contributed by atoms with Gasteiger partial charge >= 0.3 is 12.1 Å². The van der Waals surface area contributed by atoms with Crippen molar-refractivity contribution in [2.45, 2.75) is 24.9 Å². The Morgan fingerprint density at radius 2 is 1.74 bits per heavy atom. The van der Waals surface area contributed by atoms with Crippen molar-refractivity contribution in [2.24, 2.45) is 0 Å². The third-order valence-corrected chi connectivity index (χ3v) is 6.15. The van der Waals surface area contributed by atoms with Crippen molar-refractivity contribution in [1.82, 2.24) is 19.9 Å². The minimum Gasteiger partial charge on any atom is -0.457 e. The van der Waals surface area contributed by atoms with Gasteiger partial charge in [-0.2, -0.15) is 18.2 Å². The van der Waals surface area contributed by atoms with Gasteiger partial charge < -0.3 is 25.6 Å². The highest BCUT2D eigenvalue weighted by Gasteiger charge is 2.47. The van der Waals surface area contributed by atoms with E-state index in [2.05, 4.69) is 25.0 Å². The van der Waals surface area contributed by atoms with Crippen molar-refractivity contribution < 1.29 is 37.3 Å². The number of nitrogen functional groups attached to an aromatic ring is 1. The molecule has 3 heterocycles. The van der Waals surface area contributed by atoms with E-state index in [0.717, 1.165) is 10.5 Å². The summed E-state index contributed by atoms with van der Waals surface area (Å²) in [4.78, 5) is 37.6. The van der Waals surface area contributed by atoms with Crippen molar-refractivity contribution >= 4 is 29.3 Å². The van der Waals surface area contributed by atoms with Crippen molar-refractivity contribution in [3.8, 4) is 22.8 Å². The summed E-state index contributed by atoms with van der Waals surface area (Å²) in [5.41, 5.74) is 7.93. The zero-order valence-electron chi connectivity index (χ0n) is 21.7. The molecule has 14 heteroatoms. The second-order valence-electron chi connectivity index (χ2n) is 9.14. The van der Waals surface area contributed by atoms with E-state index in [1.54, 1.807) is 30.3 Å². The molecule has 216 valence electrons. The van der Waals surface area contributed by atoms with Crippen LogP contribution in [0.3, 0.4) is 0 Å². The minimum atomic E-state index is -5.28.